The van der Waals surface area contributed by atoms with Crippen LogP contribution in [0.25, 0.3) is 0 Å². The third kappa shape index (κ3) is 2.36. The maximum Gasteiger partial charge on any atom is 0.284 e. The van der Waals surface area contributed by atoms with Crippen LogP contribution in [0.3, 0.4) is 0 Å². The zero-order chi connectivity index (χ0) is 9.14. The molecule has 1 radical (unpaired) electrons. The van der Waals surface area contributed by atoms with Crippen molar-refractivity contribution in [2.24, 2.45) is 0 Å². The normalized spacial score (nSPS) is 11.2. The molecule has 0 aliphatic rings. The number of hydrogen-bond acceptors (Lipinski definition) is 2. The molecular weight excluding hydrogens is 149 g/mol. The number of nitrogens with zero attached hydrogens (tertiary/aromatic N) is 3. The first-order chi connectivity index (χ1) is 5.59. The molecule has 12 heavy (non-hydrogen) atoms. The van der Waals surface area contributed by atoms with Crippen LogP contribution in [0.15, 0.2) is 6.20 Å². The molecule has 0 aliphatic heterocycles. The smallest absolute Gasteiger partial charge is 0.284 e. The van der Waals surface area contributed by atoms with Gasteiger partial charge in [0.25, 0.3) is 7.41 Å². The second-order valence-electron chi connectivity index (χ2n) is 3.67. The highest BCUT2D eigenvalue weighted by atomic mass is 15.4. The second-order valence-corrected chi connectivity index (χ2v) is 3.67. The molecule has 3 nitrogen and oxygen atoms in total. The summed E-state index contributed by atoms with van der Waals surface area (Å²) < 4.78 is 1.79. The minimum absolute atomic E-state index is 0.458. The molecule has 0 fully saturated rings. The van der Waals surface area contributed by atoms with E-state index in [4.69, 9.17) is 0 Å². The number of rotatable bonds is 3. The zero-order valence-electron chi connectivity index (χ0n) is 8.15. The summed E-state index contributed by atoms with van der Waals surface area (Å²) in [5, 5.41) is 8.04. The first-order valence-electron chi connectivity index (χ1n) is 4.36. The largest absolute Gasteiger partial charge is 0.303 e. The fourth-order valence-electron chi connectivity index (χ4n) is 0.933. The maximum absolute atomic E-state index is 4.05. The van der Waals surface area contributed by atoms with Gasteiger partial charge in [-0.05, 0) is 11.7 Å². The third-order valence-electron chi connectivity index (χ3n) is 1.57. The van der Waals surface area contributed by atoms with E-state index in [2.05, 4.69) is 38.0 Å². The molecule has 0 bridgehead atoms. The molecule has 1 rings (SSSR count). The minimum Gasteiger partial charge on any atom is -0.303 e. The van der Waals surface area contributed by atoms with Gasteiger partial charge in [0.1, 0.15) is 0 Å². The lowest BCUT2D eigenvalue weighted by Gasteiger charge is -1.99. The summed E-state index contributed by atoms with van der Waals surface area (Å²) >= 11 is 0. The van der Waals surface area contributed by atoms with Crippen molar-refractivity contribution in [2.45, 2.75) is 39.4 Å². The van der Waals surface area contributed by atoms with Gasteiger partial charge in [-0.2, -0.15) is 0 Å². The highest BCUT2D eigenvalue weighted by molar-refractivity contribution is 6.34. The lowest BCUT2D eigenvalue weighted by atomic mass is 9.79. The van der Waals surface area contributed by atoms with Crippen LogP contribution in [-0.4, -0.2) is 22.3 Å². The van der Waals surface area contributed by atoms with Gasteiger partial charge in [-0.3, -0.25) is 0 Å². The van der Waals surface area contributed by atoms with Crippen molar-refractivity contribution in [1.29, 1.82) is 0 Å². The van der Waals surface area contributed by atoms with Crippen LogP contribution in [0.4, 0.5) is 0 Å². The molecule has 1 aromatic rings. The van der Waals surface area contributed by atoms with Crippen molar-refractivity contribution in [3.05, 3.63) is 11.9 Å². The van der Waals surface area contributed by atoms with Gasteiger partial charge < -0.3 is 4.59 Å². The predicted octanol–water partition coefficient (Wildman–Crippen LogP) is 1.70. The van der Waals surface area contributed by atoms with Gasteiger partial charge >= 0.3 is 0 Å². The van der Waals surface area contributed by atoms with Crippen LogP contribution in [0.5, 0.6) is 0 Å². The van der Waals surface area contributed by atoms with Crippen molar-refractivity contribution in [1.82, 2.24) is 14.9 Å². The average Bonchev–Trinajstić information content (AvgIpc) is 2.34. The fourth-order valence-corrected chi connectivity index (χ4v) is 0.933. The van der Waals surface area contributed by atoms with E-state index in [0.717, 1.165) is 5.69 Å². The fraction of sp³-hybridized carbons (Fsp3) is 0.750. The molecule has 0 aromatic carbocycles. The third-order valence-corrected chi connectivity index (χ3v) is 1.57. The van der Waals surface area contributed by atoms with E-state index in [1.165, 1.54) is 0 Å². The molecule has 0 unspecified atom stereocenters. The maximum atomic E-state index is 4.05. The summed E-state index contributed by atoms with van der Waals surface area (Å²) in [5.74, 6) is 0.964. The summed E-state index contributed by atoms with van der Waals surface area (Å²) in [6.45, 7) is 8.47. The Bertz CT molecular complexity index is 242. The quantitative estimate of drug-likeness (QED) is 0.636. The molecular formula is C8H15BN3. The minimum atomic E-state index is 0.458. The van der Waals surface area contributed by atoms with Gasteiger partial charge in [0.05, 0.1) is 5.69 Å². The Morgan fingerprint density at radius 3 is 2.42 bits per heavy atom. The number of hydrogen-bond donors (Lipinski definition) is 0. The highest BCUT2D eigenvalue weighted by Crippen LogP contribution is 2.09. The van der Waals surface area contributed by atoms with Crippen LogP contribution >= 0.6 is 0 Å². The van der Waals surface area contributed by atoms with Crippen molar-refractivity contribution in [3.63, 3.8) is 0 Å². The molecule has 0 amide bonds. The molecule has 65 valence electrons. The molecule has 1 aromatic heterocycles. The van der Waals surface area contributed by atoms with Crippen LogP contribution in [-0.2, 0) is 0 Å². The topological polar surface area (TPSA) is 30.7 Å². The van der Waals surface area contributed by atoms with Gasteiger partial charge in [0.2, 0.25) is 0 Å². The highest BCUT2D eigenvalue weighted by Gasteiger charge is 2.06. The number of aromatic nitrogens is 3. The van der Waals surface area contributed by atoms with Crippen molar-refractivity contribution in [2.75, 3.05) is 0 Å². The summed E-state index contributed by atoms with van der Waals surface area (Å²) in [5.41, 5.74) is 1.05. The SMILES string of the molecule is CC(C)[B]n1cc(C(C)C)nn1. The van der Waals surface area contributed by atoms with Crippen LogP contribution in [0.1, 0.15) is 39.3 Å². The molecule has 0 atom stereocenters. The van der Waals surface area contributed by atoms with Gasteiger partial charge in [-0.25, -0.2) is 0 Å². The van der Waals surface area contributed by atoms with Crippen LogP contribution < -0.4 is 0 Å². The molecule has 0 saturated heterocycles. The lowest BCUT2D eigenvalue weighted by molar-refractivity contribution is 0.792. The molecule has 0 saturated carbocycles. The van der Waals surface area contributed by atoms with E-state index in [9.17, 15) is 0 Å². The van der Waals surface area contributed by atoms with Crippen LogP contribution in [0.2, 0.25) is 5.82 Å². The average molecular weight is 164 g/mol. The summed E-state index contributed by atoms with van der Waals surface area (Å²) in [6.07, 6.45) is 1.98. The van der Waals surface area contributed by atoms with E-state index in [0.29, 0.717) is 11.7 Å². The predicted molar refractivity (Wildman–Crippen MR) is 50.4 cm³/mol. The van der Waals surface area contributed by atoms with E-state index in [-0.39, 0.29) is 0 Å². The second kappa shape index (κ2) is 3.74. The standard InChI is InChI=1S/C8H15BN3/c1-6(2)8-5-12(11-10-8)9-7(3)4/h5-7H,1-4H3. The first kappa shape index (κ1) is 9.29. The van der Waals surface area contributed by atoms with Crippen molar-refractivity contribution < 1.29 is 0 Å². The Morgan fingerprint density at radius 1 is 1.33 bits per heavy atom. The summed E-state index contributed by atoms with van der Waals surface area (Å²) in [6, 6.07) is 0. The van der Waals surface area contributed by atoms with Gasteiger partial charge in [-0.1, -0.05) is 32.9 Å². The van der Waals surface area contributed by atoms with Gasteiger partial charge in [-0.15, -0.1) is 5.10 Å². The van der Waals surface area contributed by atoms with Crippen LogP contribution in [0, 0.1) is 0 Å². The van der Waals surface area contributed by atoms with E-state index in [1.54, 1.807) is 4.59 Å². The lowest BCUT2D eigenvalue weighted by Crippen LogP contribution is -2.09. The van der Waals surface area contributed by atoms with Gasteiger partial charge in [0, 0.05) is 6.20 Å². The first-order valence-corrected chi connectivity index (χ1v) is 4.36. The molecule has 0 aliphatic carbocycles. The Hall–Kier alpha value is -0.795. The zero-order valence-corrected chi connectivity index (χ0v) is 8.15. The Labute approximate surface area is 74.4 Å². The van der Waals surface area contributed by atoms with Gasteiger partial charge in [0.15, 0.2) is 0 Å². The van der Waals surface area contributed by atoms with E-state index in [1.807, 2.05) is 13.6 Å². The summed E-state index contributed by atoms with van der Waals surface area (Å²) in [7, 11) is 2.04. The van der Waals surface area contributed by atoms with Crippen molar-refractivity contribution in [3.8, 4) is 0 Å². The Kier molecular flexibility index (Phi) is 2.90. The van der Waals surface area contributed by atoms with E-state index >= 15 is 0 Å². The molecule has 4 heteroatoms. The molecule has 1 heterocycles. The molecule has 0 N–H and O–H groups in total. The monoisotopic (exact) mass is 164 g/mol. The van der Waals surface area contributed by atoms with E-state index < -0.39 is 0 Å². The Balaban J connectivity index is 2.64. The van der Waals surface area contributed by atoms with Crippen molar-refractivity contribution >= 4 is 7.41 Å². The molecule has 0 spiro atoms. The Morgan fingerprint density at radius 2 is 2.00 bits per heavy atom. The summed E-state index contributed by atoms with van der Waals surface area (Å²) in [4.78, 5) is 0.